The maximum absolute atomic E-state index is 11.8. The van der Waals surface area contributed by atoms with Gasteiger partial charge >= 0.3 is 11.9 Å². The van der Waals surface area contributed by atoms with Crippen molar-refractivity contribution in [3.63, 3.8) is 0 Å². The Labute approximate surface area is 130 Å². The summed E-state index contributed by atoms with van der Waals surface area (Å²) in [6.45, 7) is 3.26. The Bertz CT molecular complexity index is 436. The minimum absolute atomic E-state index is 0.332. The molecule has 0 N–H and O–H groups in total. The summed E-state index contributed by atoms with van der Waals surface area (Å²) in [6, 6.07) is 0. The molecule has 0 fully saturated rings. The number of ether oxygens (including phenoxy) is 2. The van der Waals surface area contributed by atoms with E-state index < -0.39 is 18.0 Å². The normalized spacial score (nSPS) is 16.7. The maximum atomic E-state index is 11.8. The van der Waals surface area contributed by atoms with E-state index >= 15 is 0 Å². The number of rotatable bonds is 4. The summed E-state index contributed by atoms with van der Waals surface area (Å²) < 4.78 is 11.3. The van der Waals surface area contributed by atoms with E-state index in [0.717, 1.165) is 6.42 Å². The van der Waals surface area contributed by atoms with Crippen LogP contribution in [0.25, 0.3) is 0 Å². The Morgan fingerprint density at radius 1 is 1.44 bits per heavy atom. The fraction of sp³-hybridized carbons (Fsp3) is 0.455. The Morgan fingerprint density at radius 3 is 2.44 bits per heavy atom. The molecular weight excluding hydrogens is 436 g/mol. The molecule has 0 aromatic rings. The third kappa shape index (κ3) is 3.68. The summed E-state index contributed by atoms with van der Waals surface area (Å²) in [5.41, 5.74) is 0.332. The molecule has 1 aliphatic heterocycles. The van der Waals surface area contributed by atoms with Crippen molar-refractivity contribution in [2.75, 3.05) is 0 Å². The van der Waals surface area contributed by atoms with Gasteiger partial charge in [0, 0.05) is 6.92 Å². The largest absolute Gasteiger partial charge is 0.457 e. The molecule has 0 saturated heterocycles. The maximum Gasteiger partial charge on any atom is 0.344 e. The van der Waals surface area contributed by atoms with Crippen molar-refractivity contribution >= 4 is 59.7 Å². The van der Waals surface area contributed by atoms with Gasteiger partial charge < -0.3 is 9.47 Å². The van der Waals surface area contributed by atoms with E-state index in [4.69, 9.17) is 9.47 Å². The number of allylic oxidation sites excluding steroid dienone is 1. The average Bonchev–Trinajstić information content (AvgIpc) is 2.53. The highest BCUT2D eigenvalue weighted by Gasteiger charge is 2.36. The van der Waals surface area contributed by atoms with Crippen molar-refractivity contribution in [2.45, 2.75) is 32.8 Å². The van der Waals surface area contributed by atoms with Crippen LogP contribution in [0.2, 0.25) is 0 Å². The van der Waals surface area contributed by atoms with Crippen LogP contribution >= 0.6 is 47.8 Å². The average molecular weight is 447 g/mol. The Hall–Kier alpha value is -0.140. The molecule has 100 valence electrons. The van der Waals surface area contributed by atoms with Gasteiger partial charge in [-0.25, -0.2) is 4.79 Å². The molecule has 1 rings (SSSR count). The highest BCUT2D eigenvalue weighted by Crippen LogP contribution is 2.39. The second kappa shape index (κ2) is 6.86. The van der Waals surface area contributed by atoms with Crippen molar-refractivity contribution in [1.29, 1.82) is 0 Å². The first-order chi connectivity index (χ1) is 8.38. The Morgan fingerprint density at radius 2 is 2.06 bits per heavy atom. The van der Waals surface area contributed by atoms with E-state index in [-0.39, 0.29) is 0 Å². The lowest BCUT2D eigenvalue weighted by Crippen LogP contribution is -2.22. The molecule has 1 aliphatic rings. The molecule has 1 heterocycles. The summed E-state index contributed by atoms with van der Waals surface area (Å²) in [5.74, 6) is -0.583. The minimum Gasteiger partial charge on any atom is -0.457 e. The van der Waals surface area contributed by atoms with Gasteiger partial charge in [0.1, 0.15) is 9.50 Å². The lowest BCUT2D eigenvalue weighted by molar-refractivity contribution is -0.146. The lowest BCUT2D eigenvalue weighted by Gasteiger charge is -2.15. The van der Waals surface area contributed by atoms with Gasteiger partial charge in [-0.1, -0.05) is 13.3 Å². The molecule has 0 radical (unpaired) electrons. The van der Waals surface area contributed by atoms with Gasteiger partial charge in [-0.2, -0.15) is 0 Å². The third-order valence-corrected chi connectivity index (χ3v) is 3.71. The van der Waals surface area contributed by atoms with Gasteiger partial charge in [0.25, 0.3) is 0 Å². The van der Waals surface area contributed by atoms with E-state index in [1.54, 1.807) is 0 Å². The van der Waals surface area contributed by atoms with Gasteiger partial charge in [0.05, 0.1) is 10.1 Å². The second-order valence-electron chi connectivity index (χ2n) is 3.59. The first kappa shape index (κ1) is 15.9. The van der Waals surface area contributed by atoms with Crippen LogP contribution in [0.15, 0.2) is 19.2 Å². The summed E-state index contributed by atoms with van der Waals surface area (Å²) in [5, 5.41) is 0. The van der Waals surface area contributed by atoms with Crippen LogP contribution in [-0.2, 0) is 19.1 Å². The van der Waals surface area contributed by atoms with E-state index in [0.29, 0.717) is 25.6 Å². The highest BCUT2D eigenvalue weighted by atomic mass is 79.9. The zero-order valence-corrected chi connectivity index (χ0v) is 14.5. The zero-order chi connectivity index (χ0) is 13.9. The second-order valence-corrected chi connectivity index (χ2v) is 7.04. The van der Waals surface area contributed by atoms with Crippen LogP contribution in [0.5, 0.6) is 0 Å². The quantitative estimate of drug-likeness (QED) is 0.615. The molecule has 0 aromatic heterocycles. The predicted molar refractivity (Wildman–Crippen MR) is 77.4 cm³/mol. The number of hydrogen-bond donors (Lipinski definition) is 0. The van der Waals surface area contributed by atoms with Crippen molar-refractivity contribution in [1.82, 2.24) is 0 Å². The number of esters is 2. The van der Waals surface area contributed by atoms with Crippen molar-refractivity contribution < 1.29 is 19.1 Å². The van der Waals surface area contributed by atoms with Crippen LogP contribution in [0, 0.1) is 0 Å². The summed E-state index contributed by atoms with van der Waals surface area (Å²) in [4.78, 5) is 22.9. The third-order valence-electron chi connectivity index (χ3n) is 2.20. The molecule has 0 bridgehead atoms. The number of hydrogen-bond acceptors (Lipinski definition) is 4. The van der Waals surface area contributed by atoms with Gasteiger partial charge in [-0.3, -0.25) is 4.79 Å². The predicted octanol–water partition coefficient (Wildman–Crippen LogP) is 3.88. The SMILES string of the molecule is CCCC(OC(C)=O)C1=C(Br)C(=C(Br)Br)OC1=O. The molecule has 0 aliphatic carbocycles. The topological polar surface area (TPSA) is 52.6 Å². The molecule has 0 spiro atoms. The van der Waals surface area contributed by atoms with E-state index in [1.165, 1.54) is 6.92 Å². The number of cyclic esters (lactones) is 1. The van der Waals surface area contributed by atoms with Gasteiger partial charge in [0.15, 0.2) is 5.76 Å². The molecular formula is C11H11Br3O4. The van der Waals surface area contributed by atoms with Crippen molar-refractivity contribution in [3.05, 3.63) is 19.2 Å². The summed E-state index contributed by atoms with van der Waals surface area (Å²) in [6.07, 6.45) is 0.752. The molecule has 0 aromatic carbocycles. The van der Waals surface area contributed by atoms with Crippen LogP contribution in [0.3, 0.4) is 0 Å². The van der Waals surface area contributed by atoms with E-state index in [2.05, 4.69) is 47.8 Å². The molecule has 7 heteroatoms. The van der Waals surface area contributed by atoms with Crippen LogP contribution in [-0.4, -0.2) is 18.0 Å². The fourth-order valence-electron chi connectivity index (χ4n) is 1.52. The molecule has 4 nitrogen and oxygen atoms in total. The molecule has 1 unspecified atom stereocenters. The molecule has 18 heavy (non-hydrogen) atoms. The highest BCUT2D eigenvalue weighted by molar-refractivity contribution is 9.28. The Balaban J connectivity index is 3.13. The van der Waals surface area contributed by atoms with E-state index in [1.807, 2.05) is 6.92 Å². The smallest absolute Gasteiger partial charge is 0.344 e. The first-order valence-electron chi connectivity index (χ1n) is 5.23. The summed E-state index contributed by atoms with van der Waals surface area (Å²) in [7, 11) is 0. The molecule has 1 atom stereocenters. The number of halogens is 3. The van der Waals surface area contributed by atoms with Gasteiger partial charge in [-0.15, -0.1) is 0 Å². The minimum atomic E-state index is -0.591. The monoisotopic (exact) mass is 444 g/mol. The van der Waals surface area contributed by atoms with Crippen molar-refractivity contribution in [2.24, 2.45) is 0 Å². The van der Waals surface area contributed by atoms with Gasteiger partial charge in [-0.05, 0) is 54.2 Å². The van der Waals surface area contributed by atoms with E-state index in [9.17, 15) is 9.59 Å². The van der Waals surface area contributed by atoms with Crippen molar-refractivity contribution in [3.8, 4) is 0 Å². The Kier molecular flexibility index (Phi) is 6.07. The van der Waals surface area contributed by atoms with Crippen LogP contribution < -0.4 is 0 Å². The standard InChI is InChI=1S/C11H11Br3O4/c1-3-4-6(17-5(2)15)7-8(12)9(10(13)14)18-11(7)16/h6H,3-4H2,1-2H3. The number of carbonyl (C=O) groups is 2. The van der Waals surface area contributed by atoms with Gasteiger partial charge in [0.2, 0.25) is 0 Å². The number of carbonyl (C=O) groups excluding carboxylic acids is 2. The van der Waals surface area contributed by atoms with Crippen LogP contribution in [0.1, 0.15) is 26.7 Å². The van der Waals surface area contributed by atoms with Crippen LogP contribution in [0.4, 0.5) is 0 Å². The lowest BCUT2D eigenvalue weighted by atomic mass is 10.1. The molecule has 0 amide bonds. The molecule has 0 saturated carbocycles. The zero-order valence-electron chi connectivity index (χ0n) is 9.76. The fourth-order valence-corrected chi connectivity index (χ4v) is 3.31. The summed E-state index contributed by atoms with van der Waals surface area (Å²) >= 11 is 9.66. The first-order valence-corrected chi connectivity index (χ1v) is 7.61.